The fraction of sp³-hybridized carbons (Fsp3) is 0.333. The number of methoxy groups -OCH3 is 2. The summed E-state index contributed by atoms with van der Waals surface area (Å²) in [6.07, 6.45) is 0.719. The van der Waals surface area contributed by atoms with Gasteiger partial charge >= 0.3 is 6.03 Å². The fourth-order valence-corrected chi connectivity index (χ4v) is 5.08. The van der Waals surface area contributed by atoms with Gasteiger partial charge in [0.2, 0.25) is 17.7 Å². The van der Waals surface area contributed by atoms with Gasteiger partial charge in [0, 0.05) is 6.20 Å². The number of alkyl halides is 1. The maximum Gasteiger partial charge on any atom is 0.335 e. The number of nitrogens with zero attached hydrogens (tertiary/aromatic N) is 3. The van der Waals surface area contributed by atoms with Gasteiger partial charge in [0.05, 0.1) is 32.7 Å². The number of amides is 2. The first-order chi connectivity index (χ1) is 14.1. The van der Waals surface area contributed by atoms with E-state index in [0.29, 0.717) is 0 Å². The first-order valence-corrected chi connectivity index (χ1v) is 11.3. The standard InChI is InChI=1S/C15H18FN5O7S2/c1-27-11-9-12(28-2)19-14(18-11)20-15(22)21-30(25,26)13-10(5-3-7-17-13)29(23,24)8-4-6-16/h3,5,7,9H,4,6,8H2,1-2H3,(H2,18,19,20,21,22). The van der Waals surface area contributed by atoms with Gasteiger partial charge < -0.3 is 9.47 Å². The average Bonchev–Trinajstić information content (AvgIpc) is 2.71. The Morgan fingerprint density at radius 3 is 2.33 bits per heavy atom. The number of anilines is 1. The second kappa shape index (κ2) is 9.62. The highest BCUT2D eigenvalue weighted by atomic mass is 32.2. The van der Waals surface area contributed by atoms with E-state index in [2.05, 4.69) is 20.3 Å². The van der Waals surface area contributed by atoms with Crippen LogP contribution < -0.4 is 19.5 Å². The molecule has 2 aromatic heterocycles. The SMILES string of the molecule is COc1cc(OC)nc(NC(=O)NS(=O)(=O)c2ncccc2S(=O)(=O)CCCF)n1. The molecule has 0 spiro atoms. The van der Waals surface area contributed by atoms with Gasteiger partial charge in [0.25, 0.3) is 10.0 Å². The van der Waals surface area contributed by atoms with Crippen LogP contribution in [0.1, 0.15) is 6.42 Å². The molecule has 2 N–H and O–H groups in total. The smallest absolute Gasteiger partial charge is 0.335 e. The minimum absolute atomic E-state index is 0.0333. The Hall–Kier alpha value is -3.07. The van der Waals surface area contributed by atoms with Gasteiger partial charge in [-0.1, -0.05) is 0 Å². The van der Waals surface area contributed by atoms with E-state index in [9.17, 15) is 26.0 Å². The molecule has 0 saturated carbocycles. The molecule has 0 radical (unpaired) electrons. The molecule has 15 heteroatoms. The van der Waals surface area contributed by atoms with Crippen molar-refractivity contribution in [3.8, 4) is 11.8 Å². The number of carbonyl (C=O) groups is 1. The summed E-state index contributed by atoms with van der Waals surface area (Å²) in [5.41, 5.74) is 0. The lowest BCUT2D eigenvalue weighted by atomic mass is 10.5. The molecule has 30 heavy (non-hydrogen) atoms. The van der Waals surface area contributed by atoms with Crippen molar-refractivity contribution in [2.45, 2.75) is 16.3 Å². The monoisotopic (exact) mass is 463 g/mol. The molecule has 0 aliphatic heterocycles. The Morgan fingerprint density at radius 2 is 1.77 bits per heavy atom. The van der Waals surface area contributed by atoms with Crippen molar-refractivity contribution in [2.24, 2.45) is 0 Å². The van der Waals surface area contributed by atoms with Crippen molar-refractivity contribution in [3.05, 3.63) is 24.4 Å². The molecule has 0 bridgehead atoms. The van der Waals surface area contributed by atoms with E-state index in [1.807, 2.05) is 0 Å². The Balaban J connectivity index is 2.29. The van der Waals surface area contributed by atoms with Gasteiger partial charge in [-0.25, -0.2) is 22.9 Å². The second-order valence-electron chi connectivity index (χ2n) is 5.50. The minimum Gasteiger partial charge on any atom is -0.481 e. The number of aromatic nitrogens is 3. The molecule has 2 amide bonds. The first kappa shape index (κ1) is 23.2. The molecule has 2 rings (SSSR count). The van der Waals surface area contributed by atoms with E-state index in [-0.39, 0.29) is 24.1 Å². The Morgan fingerprint density at radius 1 is 1.13 bits per heavy atom. The van der Waals surface area contributed by atoms with E-state index in [4.69, 9.17) is 9.47 Å². The molecule has 0 atom stereocenters. The van der Waals surface area contributed by atoms with Gasteiger partial charge in [-0.3, -0.25) is 9.71 Å². The lowest BCUT2D eigenvalue weighted by Crippen LogP contribution is -2.36. The topological polar surface area (TPSA) is 167 Å². The number of nitrogens with one attached hydrogen (secondary N) is 2. The molecule has 0 aliphatic rings. The third-order valence-electron chi connectivity index (χ3n) is 3.42. The number of pyridine rings is 1. The molecule has 164 valence electrons. The van der Waals surface area contributed by atoms with Crippen LogP contribution in [0.25, 0.3) is 0 Å². The molecule has 0 saturated heterocycles. The zero-order valence-corrected chi connectivity index (χ0v) is 17.5. The second-order valence-corrected chi connectivity index (χ2v) is 9.18. The Kier molecular flexibility index (Phi) is 7.44. The van der Waals surface area contributed by atoms with Crippen molar-refractivity contribution >= 4 is 31.8 Å². The maximum absolute atomic E-state index is 12.6. The van der Waals surface area contributed by atoms with Gasteiger partial charge in [-0.2, -0.15) is 18.4 Å². The molecule has 0 fully saturated rings. The van der Waals surface area contributed by atoms with Crippen LogP contribution in [-0.4, -0.2) is 64.5 Å². The summed E-state index contributed by atoms with van der Waals surface area (Å²) in [5.74, 6) is -0.894. The highest BCUT2D eigenvalue weighted by Crippen LogP contribution is 2.21. The van der Waals surface area contributed by atoms with Crippen LogP contribution in [-0.2, 0) is 19.9 Å². The summed E-state index contributed by atoms with van der Waals surface area (Å²) in [6.45, 7) is -0.897. The number of rotatable bonds is 9. The summed E-state index contributed by atoms with van der Waals surface area (Å²) in [4.78, 5) is 22.7. The first-order valence-electron chi connectivity index (χ1n) is 8.17. The molecular weight excluding hydrogens is 445 g/mol. The number of sulfone groups is 1. The number of sulfonamides is 1. The Bertz CT molecular complexity index is 1100. The van der Waals surface area contributed by atoms with Crippen LogP contribution in [0.15, 0.2) is 34.3 Å². The van der Waals surface area contributed by atoms with Crippen molar-refractivity contribution in [3.63, 3.8) is 0 Å². The van der Waals surface area contributed by atoms with E-state index in [1.165, 1.54) is 26.4 Å². The molecule has 0 aliphatic carbocycles. The predicted octanol–water partition coefficient (Wildman–Crippen LogP) is 0.532. The molecule has 2 aromatic rings. The number of hydrogen-bond acceptors (Lipinski definition) is 10. The third-order valence-corrected chi connectivity index (χ3v) is 6.67. The fourth-order valence-electron chi connectivity index (χ4n) is 2.14. The van der Waals surface area contributed by atoms with Crippen LogP contribution in [0, 0.1) is 0 Å². The Labute approximate surface area is 171 Å². The van der Waals surface area contributed by atoms with E-state index < -0.39 is 48.2 Å². The summed E-state index contributed by atoms with van der Waals surface area (Å²) >= 11 is 0. The van der Waals surface area contributed by atoms with Gasteiger partial charge in [0.1, 0.15) is 4.90 Å². The molecular formula is C15H18FN5O7S2. The van der Waals surface area contributed by atoms with E-state index in [0.717, 1.165) is 12.3 Å². The van der Waals surface area contributed by atoms with Gasteiger partial charge in [-0.15, -0.1) is 0 Å². The lowest BCUT2D eigenvalue weighted by molar-refractivity contribution is 0.256. The summed E-state index contributed by atoms with van der Waals surface area (Å²) in [7, 11) is -6.26. The quantitative estimate of drug-likeness (QED) is 0.535. The zero-order valence-electron chi connectivity index (χ0n) is 15.8. The summed E-state index contributed by atoms with van der Waals surface area (Å²) in [6, 6.07) is 2.24. The molecule has 0 aromatic carbocycles. The molecule has 2 heterocycles. The van der Waals surface area contributed by atoms with E-state index in [1.54, 1.807) is 4.72 Å². The molecule has 12 nitrogen and oxygen atoms in total. The minimum atomic E-state index is -4.71. The highest BCUT2D eigenvalue weighted by Gasteiger charge is 2.29. The van der Waals surface area contributed by atoms with Crippen LogP contribution in [0.4, 0.5) is 15.1 Å². The van der Waals surface area contributed by atoms with Crippen molar-refractivity contribution in [1.82, 2.24) is 19.7 Å². The third kappa shape index (κ3) is 5.73. The number of hydrogen-bond donors (Lipinski definition) is 2. The zero-order chi connectivity index (χ0) is 22.4. The van der Waals surface area contributed by atoms with Crippen molar-refractivity contribution in [2.75, 3.05) is 32.0 Å². The summed E-state index contributed by atoms with van der Waals surface area (Å²) in [5, 5.41) is 1.17. The largest absolute Gasteiger partial charge is 0.481 e. The van der Waals surface area contributed by atoms with Crippen LogP contribution in [0.3, 0.4) is 0 Å². The highest BCUT2D eigenvalue weighted by molar-refractivity contribution is 7.93. The number of halogens is 1. The number of urea groups is 1. The van der Waals surface area contributed by atoms with Crippen LogP contribution in [0.2, 0.25) is 0 Å². The van der Waals surface area contributed by atoms with Crippen LogP contribution in [0.5, 0.6) is 11.8 Å². The van der Waals surface area contributed by atoms with Crippen molar-refractivity contribution < 1.29 is 35.5 Å². The van der Waals surface area contributed by atoms with Crippen LogP contribution >= 0.6 is 0 Å². The predicted molar refractivity (Wildman–Crippen MR) is 101 cm³/mol. The normalized spacial score (nSPS) is 11.6. The average molecular weight is 463 g/mol. The lowest BCUT2D eigenvalue weighted by Gasteiger charge is -2.11. The summed E-state index contributed by atoms with van der Waals surface area (Å²) < 4.78 is 73.6. The number of ether oxygens (including phenoxy) is 2. The maximum atomic E-state index is 12.6. The van der Waals surface area contributed by atoms with Gasteiger partial charge in [-0.05, 0) is 18.6 Å². The van der Waals surface area contributed by atoms with Crippen molar-refractivity contribution in [1.29, 1.82) is 0 Å². The van der Waals surface area contributed by atoms with E-state index >= 15 is 0 Å². The molecule has 0 unspecified atom stereocenters. The number of carbonyl (C=O) groups excluding carboxylic acids is 1. The van der Waals surface area contributed by atoms with Gasteiger partial charge in [0.15, 0.2) is 14.9 Å².